The summed E-state index contributed by atoms with van der Waals surface area (Å²) in [5.41, 5.74) is 5.84. The summed E-state index contributed by atoms with van der Waals surface area (Å²) in [5, 5.41) is 2.92. The summed E-state index contributed by atoms with van der Waals surface area (Å²) in [5.74, 6) is 0.413. The van der Waals surface area contributed by atoms with Crippen LogP contribution in [0.15, 0.2) is 6.07 Å². The Morgan fingerprint density at radius 1 is 1.50 bits per heavy atom. The third-order valence-corrected chi connectivity index (χ3v) is 3.65. The van der Waals surface area contributed by atoms with Gasteiger partial charge in [-0.25, -0.2) is 9.78 Å². The Kier molecular flexibility index (Phi) is 2.92. The normalized spacial score (nSPS) is 24.4. The molecule has 0 radical (unpaired) electrons. The number of nitrogens with zero attached hydrogens (tertiary/aromatic N) is 3. The molecule has 2 aliphatic heterocycles. The molecule has 3 N–H and O–H groups in total. The number of carbonyl (C=O) groups excluding carboxylic acids is 2. The summed E-state index contributed by atoms with van der Waals surface area (Å²) in [6, 6.07) is 1.50. The largest absolute Gasteiger partial charge is 0.464 e. The molecule has 2 aliphatic rings. The van der Waals surface area contributed by atoms with E-state index in [-0.39, 0.29) is 29.4 Å². The first-order valence-electron chi connectivity index (χ1n) is 6.34. The maximum absolute atomic E-state index is 11.5. The van der Waals surface area contributed by atoms with Gasteiger partial charge in [-0.15, -0.1) is 0 Å². The fraction of sp³-hybridized carbons (Fsp3) is 0.500. The third kappa shape index (κ3) is 2.13. The van der Waals surface area contributed by atoms with E-state index in [1.165, 1.54) is 13.2 Å². The van der Waals surface area contributed by atoms with Gasteiger partial charge in [0.25, 0.3) is 0 Å². The number of methoxy groups -OCH3 is 1. The van der Waals surface area contributed by atoms with Gasteiger partial charge in [-0.05, 0) is 0 Å². The number of nitrogens with two attached hydrogens (primary N) is 1. The minimum Gasteiger partial charge on any atom is -0.464 e. The average molecular weight is 277 g/mol. The van der Waals surface area contributed by atoms with Crippen LogP contribution in [-0.4, -0.2) is 48.1 Å². The second-order valence-corrected chi connectivity index (χ2v) is 5.01. The van der Waals surface area contributed by atoms with Crippen LogP contribution < -0.4 is 16.0 Å². The Morgan fingerprint density at radius 3 is 3.00 bits per heavy atom. The fourth-order valence-corrected chi connectivity index (χ4v) is 2.71. The molecule has 2 fully saturated rings. The molecule has 3 rings (SSSR count). The molecule has 0 saturated carbocycles. The van der Waals surface area contributed by atoms with Crippen molar-refractivity contribution in [3.63, 3.8) is 0 Å². The molecule has 106 valence electrons. The van der Waals surface area contributed by atoms with Crippen LogP contribution in [0.25, 0.3) is 0 Å². The second-order valence-electron chi connectivity index (χ2n) is 5.01. The lowest BCUT2D eigenvalue weighted by molar-refractivity contribution is -0.119. The SMILES string of the molecule is COC(=O)c1cc(N)nc(N2C[C@@H]3CC(=O)N[C@@H]3C2)n1. The quantitative estimate of drug-likeness (QED) is 0.679. The topological polar surface area (TPSA) is 110 Å². The van der Waals surface area contributed by atoms with E-state index in [4.69, 9.17) is 5.73 Å². The third-order valence-electron chi connectivity index (χ3n) is 3.65. The first kappa shape index (κ1) is 12.6. The number of anilines is 2. The van der Waals surface area contributed by atoms with Crippen molar-refractivity contribution in [2.45, 2.75) is 12.5 Å². The summed E-state index contributed by atoms with van der Waals surface area (Å²) in [6.45, 7) is 1.30. The van der Waals surface area contributed by atoms with Crippen LogP contribution in [0.2, 0.25) is 0 Å². The second kappa shape index (κ2) is 4.62. The molecule has 0 spiro atoms. The van der Waals surface area contributed by atoms with E-state index in [9.17, 15) is 9.59 Å². The standard InChI is InChI=1S/C12H15N5O3/c1-20-11(19)7-3-9(13)16-12(15-7)17-4-6-2-10(18)14-8(6)5-17/h3,6,8H,2,4-5H2,1H3,(H,14,18)(H2,13,15,16)/t6-,8+/m0/s1. The monoisotopic (exact) mass is 277 g/mol. The van der Waals surface area contributed by atoms with Gasteiger partial charge in [0.15, 0.2) is 5.69 Å². The number of rotatable bonds is 2. The Bertz CT molecular complexity index is 560. The predicted octanol–water partition coefficient (Wildman–Crippen LogP) is -0.830. The maximum atomic E-state index is 11.5. The number of fused-ring (bicyclic) bond motifs is 1. The highest BCUT2D eigenvalue weighted by atomic mass is 16.5. The lowest BCUT2D eigenvalue weighted by Crippen LogP contribution is -2.33. The number of hydrogen-bond acceptors (Lipinski definition) is 7. The maximum Gasteiger partial charge on any atom is 0.356 e. The van der Waals surface area contributed by atoms with Crippen LogP contribution in [-0.2, 0) is 9.53 Å². The molecule has 8 heteroatoms. The van der Waals surface area contributed by atoms with E-state index in [1.807, 2.05) is 4.90 Å². The number of carbonyl (C=O) groups is 2. The number of amides is 1. The molecule has 0 aromatic carbocycles. The van der Waals surface area contributed by atoms with Crippen molar-refractivity contribution in [1.29, 1.82) is 0 Å². The molecule has 0 aliphatic carbocycles. The van der Waals surface area contributed by atoms with E-state index < -0.39 is 5.97 Å². The Labute approximate surface area is 115 Å². The zero-order valence-electron chi connectivity index (χ0n) is 11.0. The van der Waals surface area contributed by atoms with Crippen LogP contribution in [0, 0.1) is 5.92 Å². The molecule has 1 amide bonds. The Hall–Kier alpha value is -2.38. The zero-order chi connectivity index (χ0) is 14.3. The summed E-state index contributed by atoms with van der Waals surface area (Å²) < 4.78 is 4.64. The molecule has 1 aromatic rings. The van der Waals surface area contributed by atoms with E-state index in [2.05, 4.69) is 20.0 Å². The number of hydrogen-bond donors (Lipinski definition) is 2. The lowest BCUT2D eigenvalue weighted by Gasteiger charge is -2.17. The van der Waals surface area contributed by atoms with Crippen molar-refractivity contribution in [3.8, 4) is 0 Å². The Balaban J connectivity index is 1.83. The fourth-order valence-electron chi connectivity index (χ4n) is 2.71. The van der Waals surface area contributed by atoms with Gasteiger partial charge in [0.05, 0.1) is 13.2 Å². The van der Waals surface area contributed by atoms with Crippen molar-refractivity contribution in [2.75, 3.05) is 30.8 Å². The van der Waals surface area contributed by atoms with E-state index in [0.29, 0.717) is 25.5 Å². The summed E-state index contributed by atoms with van der Waals surface area (Å²) in [4.78, 5) is 33.1. The van der Waals surface area contributed by atoms with Crippen LogP contribution in [0.1, 0.15) is 16.9 Å². The van der Waals surface area contributed by atoms with E-state index >= 15 is 0 Å². The molecular formula is C12H15N5O3. The van der Waals surface area contributed by atoms with Gasteiger partial charge in [-0.1, -0.05) is 0 Å². The zero-order valence-corrected chi connectivity index (χ0v) is 11.0. The van der Waals surface area contributed by atoms with Crippen molar-refractivity contribution in [1.82, 2.24) is 15.3 Å². The minimum atomic E-state index is -0.548. The summed E-state index contributed by atoms with van der Waals surface area (Å²) in [6.07, 6.45) is 0.521. The van der Waals surface area contributed by atoms with E-state index in [1.54, 1.807) is 0 Å². The summed E-state index contributed by atoms with van der Waals surface area (Å²) >= 11 is 0. The highest BCUT2D eigenvalue weighted by molar-refractivity contribution is 5.88. The highest BCUT2D eigenvalue weighted by Gasteiger charge is 2.40. The van der Waals surface area contributed by atoms with Crippen molar-refractivity contribution < 1.29 is 14.3 Å². The number of nitrogens with one attached hydrogen (secondary N) is 1. The van der Waals surface area contributed by atoms with Crippen LogP contribution >= 0.6 is 0 Å². The van der Waals surface area contributed by atoms with E-state index in [0.717, 1.165) is 0 Å². The van der Waals surface area contributed by atoms with Gasteiger partial charge < -0.3 is 20.7 Å². The number of nitrogen functional groups attached to an aromatic ring is 1. The molecular weight excluding hydrogens is 262 g/mol. The molecule has 20 heavy (non-hydrogen) atoms. The minimum absolute atomic E-state index is 0.0865. The van der Waals surface area contributed by atoms with Crippen LogP contribution in [0.5, 0.6) is 0 Å². The highest BCUT2D eigenvalue weighted by Crippen LogP contribution is 2.28. The van der Waals surface area contributed by atoms with Crippen LogP contribution in [0.3, 0.4) is 0 Å². The molecule has 3 heterocycles. The molecule has 8 nitrogen and oxygen atoms in total. The van der Waals surface area contributed by atoms with Gasteiger partial charge in [0.1, 0.15) is 5.82 Å². The van der Waals surface area contributed by atoms with Gasteiger partial charge in [0.2, 0.25) is 11.9 Å². The number of ether oxygens (including phenoxy) is 1. The van der Waals surface area contributed by atoms with Gasteiger partial charge in [-0.2, -0.15) is 4.98 Å². The number of aromatic nitrogens is 2. The number of esters is 1. The molecule has 2 atom stereocenters. The molecule has 2 saturated heterocycles. The molecule has 0 unspecified atom stereocenters. The predicted molar refractivity (Wildman–Crippen MR) is 70.0 cm³/mol. The molecule has 1 aromatic heterocycles. The van der Waals surface area contributed by atoms with Crippen molar-refractivity contribution in [3.05, 3.63) is 11.8 Å². The van der Waals surface area contributed by atoms with Crippen molar-refractivity contribution >= 4 is 23.6 Å². The van der Waals surface area contributed by atoms with Gasteiger partial charge in [0, 0.05) is 31.5 Å². The summed E-state index contributed by atoms with van der Waals surface area (Å²) in [7, 11) is 1.29. The lowest BCUT2D eigenvalue weighted by atomic mass is 10.1. The average Bonchev–Trinajstić information content (AvgIpc) is 2.94. The smallest absolute Gasteiger partial charge is 0.356 e. The van der Waals surface area contributed by atoms with Crippen LogP contribution in [0.4, 0.5) is 11.8 Å². The first-order chi connectivity index (χ1) is 9.56. The van der Waals surface area contributed by atoms with Gasteiger partial charge >= 0.3 is 5.97 Å². The van der Waals surface area contributed by atoms with Gasteiger partial charge in [-0.3, -0.25) is 4.79 Å². The molecule has 0 bridgehead atoms. The Morgan fingerprint density at radius 2 is 2.30 bits per heavy atom. The van der Waals surface area contributed by atoms with Crippen molar-refractivity contribution in [2.24, 2.45) is 5.92 Å². The first-order valence-corrected chi connectivity index (χ1v) is 6.34.